The van der Waals surface area contributed by atoms with E-state index in [9.17, 15) is 9.59 Å². The third-order valence-corrected chi connectivity index (χ3v) is 4.04. The van der Waals surface area contributed by atoms with Gasteiger partial charge in [-0.25, -0.2) is 4.79 Å². The smallest absolute Gasteiger partial charge is 0.323 e. The Labute approximate surface area is 110 Å². The van der Waals surface area contributed by atoms with Gasteiger partial charge in [0, 0.05) is 12.0 Å². The van der Waals surface area contributed by atoms with Crippen LogP contribution in [-0.4, -0.2) is 15.9 Å². The van der Waals surface area contributed by atoms with Crippen LogP contribution in [-0.2, 0) is 11.3 Å². The SMILES string of the molecule is CC1(C(=O)NCc2ccc3[nH]c(=O)[nH]c3c2)CCC1. The molecule has 1 heterocycles. The lowest BCUT2D eigenvalue weighted by Gasteiger charge is -2.36. The van der Waals surface area contributed by atoms with E-state index in [1.807, 2.05) is 25.1 Å². The average molecular weight is 259 g/mol. The fraction of sp³-hybridized carbons (Fsp3) is 0.429. The number of imidazole rings is 1. The van der Waals surface area contributed by atoms with E-state index in [2.05, 4.69) is 15.3 Å². The number of H-pyrrole nitrogens is 2. The standard InChI is InChI=1S/C14H17N3O2/c1-14(5-2-6-14)12(18)15-8-9-3-4-10-11(7-9)17-13(19)16-10/h3-4,7H,2,5-6,8H2,1H3,(H,15,18)(H2,16,17,19). The van der Waals surface area contributed by atoms with Crippen molar-refractivity contribution in [2.45, 2.75) is 32.7 Å². The maximum Gasteiger partial charge on any atom is 0.323 e. The zero-order valence-electron chi connectivity index (χ0n) is 10.9. The molecule has 0 atom stereocenters. The summed E-state index contributed by atoms with van der Waals surface area (Å²) < 4.78 is 0. The largest absolute Gasteiger partial charge is 0.352 e. The highest BCUT2D eigenvalue weighted by Crippen LogP contribution is 2.40. The predicted molar refractivity (Wildman–Crippen MR) is 72.7 cm³/mol. The van der Waals surface area contributed by atoms with Crippen LogP contribution in [0.15, 0.2) is 23.0 Å². The molecular weight excluding hydrogens is 242 g/mol. The lowest BCUT2D eigenvalue weighted by molar-refractivity contribution is -0.134. The summed E-state index contributed by atoms with van der Waals surface area (Å²) in [6, 6.07) is 5.64. The zero-order valence-corrected chi connectivity index (χ0v) is 10.9. The first-order chi connectivity index (χ1) is 9.07. The average Bonchev–Trinajstić information content (AvgIpc) is 2.72. The molecule has 0 saturated heterocycles. The molecular formula is C14H17N3O2. The Hall–Kier alpha value is -2.04. The minimum atomic E-state index is -0.210. The number of carbonyl (C=O) groups excluding carboxylic acids is 1. The van der Waals surface area contributed by atoms with Crippen LogP contribution in [0.4, 0.5) is 0 Å². The van der Waals surface area contributed by atoms with E-state index in [0.717, 1.165) is 35.9 Å². The van der Waals surface area contributed by atoms with Gasteiger partial charge in [-0.05, 0) is 30.5 Å². The molecule has 2 aromatic rings. The van der Waals surface area contributed by atoms with E-state index < -0.39 is 0 Å². The van der Waals surface area contributed by atoms with Crippen LogP contribution >= 0.6 is 0 Å². The highest BCUT2D eigenvalue weighted by molar-refractivity contribution is 5.83. The monoisotopic (exact) mass is 259 g/mol. The maximum absolute atomic E-state index is 12.0. The second-order valence-electron chi connectivity index (χ2n) is 5.56. The minimum absolute atomic E-state index is 0.126. The van der Waals surface area contributed by atoms with Crippen LogP contribution < -0.4 is 11.0 Å². The lowest BCUT2D eigenvalue weighted by Crippen LogP contribution is -2.43. The van der Waals surface area contributed by atoms with Crippen LogP contribution in [0.5, 0.6) is 0 Å². The number of carbonyl (C=O) groups is 1. The van der Waals surface area contributed by atoms with Crippen molar-refractivity contribution >= 4 is 16.9 Å². The van der Waals surface area contributed by atoms with Gasteiger partial charge >= 0.3 is 5.69 Å². The van der Waals surface area contributed by atoms with Gasteiger partial charge < -0.3 is 15.3 Å². The predicted octanol–water partition coefficient (Wildman–Crippen LogP) is 1.66. The fourth-order valence-electron chi connectivity index (χ4n) is 2.52. The van der Waals surface area contributed by atoms with Gasteiger partial charge in [0.15, 0.2) is 0 Å². The molecule has 1 fully saturated rings. The summed E-state index contributed by atoms with van der Waals surface area (Å²) in [4.78, 5) is 28.6. The molecule has 0 radical (unpaired) electrons. The molecule has 5 heteroatoms. The Kier molecular flexibility index (Phi) is 2.69. The molecule has 1 aromatic heterocycles. The number of hydrogen-bond donors (Lipinski definition) is 3. The third-order valence-electron chi connectivity index (χ3n) is 4.04. The fourth-order valence-corrected chi connectivity index (χ4v) is 2.52. The minimum Gasteiger partial charge on any atom is -0.352 e. The molecule has 19 heavy (non-hydrogen) atoms. The highest BCUT2D eigenvalue weighted by Gasteiger charge is 2.38. The topological polar surface area (TPSA) is 77.8 Å². The first-order valence-electron chi connectivity index (χ1n) is 6.56. The summed E-state index contributed by atoms with van der Waals surface area (Å²) >= 11 is 0. The van der Waals surface area contributed by atoms with E-state index in [0.29, 0.717) is 6.54 Å². The maximum atomic E-state index is 12.0. The van der Waals surface area contributed by atoms with Gasteiger partial charge in [0.25, 0.3) is 0 Å². The number of aromatic nitrogens is 2. The Morgan fingerprint density at radius 2 is 2.05 bits per heavy atom. The number of amides is 1. The second kappa shape index (κ2) is 4.26. The quantitative estimate of drug-likeness (QED) is 0.784. The van der Waals surface area contributed by atoms with Crippen molar-refractivity contribution in [2.24, 2.45) is 5.41 Å². The van der Waals surface area contributed by atoms with Crippen molar-refractivity contribution in [1.29, 1.82) is 0 Å². The number of aromatic amines is 2. The lowest BCUT2D eigenvalue weighted by atomic mass is 9.70. The zero-order chi connectivity index (χ0) is 13.5. The van der Waals surface area contributed by atoms with Gasteiger partial charge in [-0.2, -0.15) is 0 Å². The van der Waals surface area contributed by atoms with Gasteiger partial charge in [-0.15, -0.1) is 0 Å². The van der Waals surface area contributed by atoms with Crippen LogP contribution in [0, 0.1) is 5.41 Å². The van der Waals surface area contributed by atoms with Crippen LogP contribution in [0.25, 0.3) is 11.0 Å². The highest BCUT2D eigenvalue weighted by atomic mass is 16.2. The van der Waals surface area contributed by atoms with Crippen LogP contribution in [0.3, 0.4) is 0 Å². The van der Waals surface area contributed by atoms with Crippen molar-refractivity contribution in [2.75, 3.05) is 0 Å². The van der Waals surface area contributed by atoms with Crippen molar-refractivity contribution in [3.8, 4) is 0 Å². The Morgan fingerprint density at radius 1 is 1.32 bits per heavy atom. The van der Waals surface area contributed by atoms with Crippen molar-refractivity contribution in [3.63, 3.8) is 0 Å². The number of nitrogens with one attached hydrogen (secondary N) is 3. The molecule has 5 nitrogen and oxygen atoms in total. The molecule has 1 aromatic carbocycles. The molecule has 1 saturated carbocycles. The normalized spacial score (nSPS) is 17.1. The first kappa shape index (κ1) is 12.0. The Balaban J connectivity index is 1.71. The molecule has 100 valence electrons. The number of fused-ring (bicyclic) bond motifs is 1. The van der Waals surface area contributed by atoms with E-state index in [-0.39, 0.29) is 17.0 Å². The number of rotatable bonds is 3. The number of benzene rings is 1. The van der Waals surface area contributed by atoms with Crippen LogP contribution in [0.2, 0.25) is 0 Å². The third kappa shape index (κ3) is 2.16. The van der Waals surface area contributed by atoms with E-state index in [1.165, 1.54) is 0 Å². The van der Waals surface area contributed by atoms with Crippen molar-refractivity contribution < 1.29 is 4.79 Å². The van der Waals surface area contributed by atoms with E-state index in [4.69, 9.17) is 0 Å². The summed E-state index contributed by atoms with van der Waals surface area (Å²) in [7, 11) is 0. The van der Waals surface area contributed by atoms with Gasteiger partial charge in [0.2, 0.25) is 5.91 Å². The van der Waals surface area contributed by atoms with Gasteiger partial charge in [-0.3, -0.25) is 4.79 Å². The molecule has 1 aliphatic rings. The number of hydrogen-bond acceptors (Lipinski definition) is 2. The second-order valence-corrected chi connectivity index (χ2v) is 5.56. The molecule has 0 spiro atoms. The molecule has 0 aliphatic heterocycles. The molecule has 1 aliphatic carbocycles. The molecule has 3 N–H and O–H groups in total. The van der Waals surface area contributed by atoms with Crippen molar-refractivity contribution in [1.82, 2.24) is 15.3 Å². The molecule has 3 rings (SSSR count). The van der Waals surface area contributed by atoms with E-state index in [1.54, 1.807) is 0 Å². The Morgan fingerprint density at radius 3 is 2.74 bits per heavy atom. The van der Waals surface area contributed by atoms with Gasteiger partial charge in [-0.1, -0.05) is 19.4 Å². The summed E-state index contributed by atoms with van der Waals surface area (Å²) in [6.45, 7) is 2.51. The molecule has 1 amide bonds. The van der Waals surface area contributed by atoms with Gasteiger partial charge in [0.05, 0.1) is 11.0 Å². The summed E-state index contributed by atoms with van der Waals surface area (Å²) in [5.74, 6) is 0.126. The molecule has 0 bridgehead atoms. The summed E-state index contributed by atoms with van der Waals surface area (Å²) in [5, 5.41) is 2.97. The van der Waals surface area contributed by atoms with E-state index >= 15 is 0 Å². The first-order valence-corrected chi connectivity index (χ1v) is 6.56. The Bertz CT molecular complexity index is 679. The summed E-state index contributed by atoms with van der Waals surface area (Å²) in [6.07, 6.45) is 3.09. The summed E-state index contributed by atoms with van der Waals surface area (Å²) in [5.41, 5.74) is 2.15. The molecule has 0 unspecified atom stereocenters. The van der Waals surface area contributed by atoms with Crippen LogP contribution in [0.1, 0.15) is 31.7 Å². The van der Waals surface area contributed by atoms with Gasteiger partial charge in [0.1, 0.15) is 0 Å². The van der Waals surface area contributed by atoms with Crippen molar-refractivity contribution in [3.05, 3.63) is 34.2 Å².